The van der Waals surface area contributed by atoms with Crippen LogP contribution < -0.4 is 5.73 Å². The average molecular weight is 254 g/mol. The maximum atomic E-state index is 6.75. The fraction of sp³-hybridized carbons (Fsp3) is 0.929. The van der Waals surface area contributed by atoms with Gasteiger partial charge >= 0.3 is 0 Å². The SMILES string of the molecule is CN1C(=S)CCC2C1CCCC(C)(C)C2(C)N. The summed E-state index contributed by atoms with van der Waals surface area (Å²) in [6.07, 6.45) is 5.96. The fourth-order valence-corrected chi connectivity index (χ4v) is 3.97. The molecule has 0 bridgehead atoms. The van der Waals surface area contributed by atoms with Gasteiger partial charge < -0.3 is 10.6 Å². The number of hydrogen-bond acceptors (Lipinski definition) is 2. The highest BCUT2D eigenvalue weighted by Crippen LogP contribution is 2.48. The van der Waals surface area contributed by atoms with Gasteiger partial charge in [-0.2, -0.15) is 0 Å². The summed E-state index contributed by atoms with van der Waals surface area (Å²) >= 11 is 5.46. The van der Waals surface area contributed by atoms with E-state index in [1.54, 1.807) is 0 Å². The lowest BCUT2D eigenvalue weighted by molar-refractivity contribution is 0.0669. The molecule has 1 heterocycles. The zero-order valence-corrected chi connectivity index (χ0v) is 12.4. The average Bonchev–Trinajstić information content (AvgIpc) is 2.31. The second-order valence-corrected chi connectivity index (χ2v) is 7.25. The van der Waals surface area contributed by atoms with Crippen LogP contribution in [-0.2, 0) is 0 Å². The minimum Gasteiger partial charge on any atom is -0.366 e. The van der Waals surface area contributed by atoms with E-state index in [0.717, 1.165) is 11.4 Å². The van der Waals surface area contributed by atoms with Gasteiger partial charge in [-0.05, 0) is 43.9 Å². The predicted octanol–water partition coefficient (Wildman–Crippen LogP) is 2.95. The van der Waals surface area contributed by atoms with Crippen LogP contribution in [0.1, 0.15) is 52.9 Å². The molecular formula is C14H26N2S. The summed E-state index contributed by atoms with van der Waals surface area (Å²) in [6.45, 7) is 6.93. The summed E-state index contributed by atoms with van der Waals surface area (Å²) in [4.78, 5) is 3.46. The van der Waals surface area contributed by atoms with Crippen LogP contribution >= 0.6 is 12.2 Å². The summed E-state index contributed by atoms with van der Waals surface area (Å²) in [7, 11) is 2.16. The van der Waals surface area contributed by atoms with Crippen molar-refractivity contribution in [2.75, 3.05) is 7.05 Å². The van der Waals surface area contributed by atoms with E-state index in [1.165, 1.54) is 25.7 Å². The number of thiocarbonyl (C=S) groups is 1. The first-order valence-corrected chi connectivity index (χ1v) is 7.23. The molecule has 2 N–H and O–H groups in total. The number of hydrogen-bond donors (Lipinski definition) is 1. The van der Waals surface area contributed by atoms with Gasteiger partial charge in [0.1, 0.15) is 0 Å². The van der Waals surface area contributed by atoms with Crippen molar-refractivity contribution < 1.29 is 0 Å². The zero-order chi connectivity index (χ0) is 12.8. The van der Waals surface area contributed by atoms with Gasteiger partial charge in [0.25, 0.3) is 0 Å². The van der Waals surface area contributed by atoms with Crippen LogP contribution in [0.5, 0.6) is 0 Å². The highest BCUT2D eigenvalue weighted by molar-refractivity contribution is 7.80. The van der Waals surface area contributed by atoms with Crippen molar-refractivity contribution in [1.29, 1.82) is 0 Å². The molecule has 1 aliphatic carbocycles. The molecule has 1 aliphatic heterocycles. The van der Waals surface area contributed by atoms with E-state index >= 15 is 0 Å². The van der Waals surface area contributed by atoms with E-state index in [0.29, 0.717) is 12.0 Å². The lowest BCUT2D eigenvalue weighted by atomic mass is 9.63. The molecule has 3 atom stereocenters. The van der Waals surface area contributed by atoms with E-state index in [4.69, 9.17) is 18.0 Å². The molecule has 3 unspecified atom stereocenters. The minimum absolute atomic E-state index is 0.0849. The predicted molar refractivity (Wildman–Crippen MR) is 77.1 cm³/mol. The van der Waals surface area contributed by atoms with Crippen LogP contribution in [0.3, 0.4) is 0 Å². The van der Waals surface area contributed by atoms with Gasteiger partial charge in [0.2, 0.25) is 0 Å². The van der Waals surface area contributed by atoms with E-state index in [2.05, 4.69) is 32.7 Å². The molecule has 0 amide bonds. The first-order valence-electron chi connectivity index (χ1n) is 6.82. The normalized spacial score (nSPS) is 41.9. The topological polar surface area (TPSA) is 29.3 Å². The van der Waals surface area contributed by atoms with Crippen molar-refractivity contribution in [2.24, 2.45) is 17.1 Å². The lowest BCUT2D eigenvalue weighted by Crippen LogP contribution is -2.61. The third-order valence-corrected chi connectivity index (χ3v) is 6.05. The second kappa shape index (κ2) is 4.20. The summed E-state index contributed by atoms with van der Waals surface area (Å²) in [5.41, 5.74) is 6.89. The number of nitrogens with zero attached hydrogens (tertiary/aromatic N) is 1. The third kappa shape index (κ3) is 2.01. The van der Waals surface area contributed by atoms with Gasteiger partial charge in [-0.3, -0.25) is 0 Å². The van der Waals surface area contributed by atoms with Crippen molar-refractivity contribution in [3.63, 3.8) is 0 Å². The standard InChI is InChI=1S/C14H26N2S/c1-13(2)9-5-6-11-10(14(13,3)15)7-8-12(17)16(11)4/h10-11H,5-9,15H2,1-4H3. The summed E-state index contributed by atoms with van der Waals surface area (Å²) in [5, 5.41) is 0. The summed E-state index contributed by atoms with van der Waals surface area (Å²) in [5.74, 6) is 0.580. The molecule has 0 aromatic rings. The quantitative estimate of drug-likeness (QED) is 0.674. The van der Waals surface area contributed by atoms with Gasteiger partial charge in [-0.15, -0.1) is 0 Å². The molecule has 2 fully saturated rings. The van der Waals surface area contributed by atoms with E-state index in [9.17, 15) is 0 Å². The van der Waals surface area contributed by atoms with Gasteiger partial charge in [-0.1, -0.05) is 32.5 Å². The molecule has 1 saturated heterocycles. The fourth-order valence-electron chi connectivity index (χ4n) is 3.72. The van der Waals surface area contributed by atoms with Crippen LogP contribution in [0.4, 0.5) is 0 Å². The molecule has 2 rings (SSSR count). The van der Waals surface area contributed by atoms with Crippen molar-refractivity contribution in [3.8, 4) is 0 Å². The molecule has 2 nitrogen and oxygen atoms in total. The van der Waals surface area contributed by atoms with Crippen molar-refractivity contribution in [2.45, 2.75) is 64.5 Å². The van der Waals surface area contributed by atoms with E-state index in [1.807, 2.05) is 0 Å². The Hall–Kier alpha value is -0.150. The Labute approximate surface area is 111 Å². The maximum Gasteiger partial charge on any atom is 0.0779 e. The van der Waals surface area contributed by atoms with Gasteiger partial charge in [0.15, 0.2) is 0 Å². The van der Waals surface area contributed by atoms with E-state index in [-0.39, 0.29) is 11.0 Å². The molecule has 2 aliphatic rings. The molecular weight excluding hydrogens is 228 g/mol. The first-order chi connectivity index (χ1) is 7.77. The Kier molecular flexibility index (Phi) is 3.28. The third-order valence-electron chi connectivity index (χ3n) is 5.55. The Bertz CT molecular complexity index is 322. The van der Waals surface area contributed by atoms with E-state index < -0.39 is 0 Å². The van der Waals surface area contributed by atoms with Crippen molar-refractivity contribution >= 4 is 17.2 Å². The van der Waals surface area contributed by atoms with Crippen LogP contribution in [-0.4, -0.2) is 28.5 Å². The Morgan fingerprint density at radius 3 is 2.59 bits per heavy atom. The number of fused-ring (bicyclic) bond motifs is 1. The molecule has 0 aromatic heterocycles. The first kappa shape index (κ1) is 13.3. The molecule has 1 saturated carbocycles. The second-order valence-electron chi connectivity index (χ2n) is 6.78. The highest BCUT2D eigenvalue weighted by atomic mass is 32.1. The van der Waals surface area contributed by atoms with Crippen molar-refractivity contribution in [3.05, 3.63) is 0 Å². The maximum absolute atomic E-state index is 6.75. The molecule has 17 heavy (non-hydrogen) atoms. The number of piperidine rings is 1. The van der Waals surface area contributed by atoms with Gasteiger partial charge in [-0.25, -0.2) is 0 Å². The molecule has 0 aromatic carbocycles. The Morgan fingerprint density at radius 2 is 1.94 bits per heavy atom. The van der Waals surface area contributed by atoms with Crippen LogP contribution in [0.15, 0.2) is 0 Å². The molecule has 98 valence electrons. The number of rotatable bonds is 0. The Morgan fingerprint density at radius 1 is 1.29 bits per heavy atom. The van der Waals surface area contributed by atoms with Crippen LogP contribution in [0.2, 0.25) is 0 Å². The number of likely N-dealkylation sites (tertiary alicyclic amines) is 1. The highest BCUT2D eigenvalue weighted by Gasteiger charge is 2.50. The molecule has 0 radical (unpaired) electrons. The summed E-state index contributed by atoms with van der Waals surface area (Å²) < 4.78 is 0. The minimum atomic E-state index is -0.0849. The zero-order valence-electron chi connectivity index (χ0n) is 11.6. The van der Waals surface area contributed by atoms with Gasteiger partial charge in [0.05, 0.1) is 4.99 Å². The van der Waals surface area contributed by atoms with Gasteiger partial charge in [0, 0.05) is 18.6 Å². The summed E-state index contributed by atoms with van der Waals surface area (Å²) in [6, 6.07) is 0.563. The molecule has 0 spiro atoms. The number of nitrogens with two attached hydrogens (primary N) is 1. The largest absolute Gasteiger partial charge is 0.366 e. The Balaban J connectivity index is 2.34. The van der Waals surface area contributed by atoms with Crippen LogP contribution in [0, 0.1) is 11.3 Å². The monoisotopic (exact) mass is 254 g/mol. The lowest BCUT2D eigenvalue weighted by Gasteiger charge is -2.51. The smallest absolute Gasteiger partial charge is 0.0779 e. The molecule has 3 heteroatoms. The van der Waals surface area contributed by atoms with Crippen molar-refractivity contribution in [1.82, 2.24) is 4.90 Å². The van der Waals surface area contributed by atoms with Crippen LogP contribution in [0.25, 0.3) is 0 Å².